The first-order valence-corrected chi connectivity index (χ1v) is 16.0. The summed E-state index contributed by atoms with van der Waals surface area (Å²) in [6, 6.07) is 13.8. The molecule has 1 aromatic heterocycles. The molecule has 7 heteroatoms. The molecule has 0 spiro atoms. The highest BCUT2D eigenvalue weighted by atomic mass is 16.6. The van der Waals surface area contributed by atoms with Crippen molar-refractivity contribution in [3.63, 3.8) is 0 Å². The van der Waals surface area contributed by atoms with Crippen molar-refractivity contribution in [1.82, 2.24) is 9.47 Å². The van der Waals surface area contributed by atoms with Crippen LogP contribution in [0.15, 0.2) is 55.1 Å². The molecule has 2 heterocycles. The average molecular weight is 601 g/mol. The summed E-state index contributed by atoms with van der Waals surface area (Å²) < 4.78 is 20.0. The van der Waals surface area contributed by atoms with Gasteiger partial charge >= 0.3 is 12.1 Å². The average Bonchev–Trinajstić information content (AvgIpc) is 3.30. The highest BCUT2D eigenvalue weighted by molar-refractivity contribution is 5.99. The Morgan fingerprint density at radius 3 is 2.48 bits per heavy atom. The van der Waals surface area contributed by atoms with Crippen molar-refractivity contribution < 1.29 is 23.8 Å². The molecule has 1 fully saturated rings. The molecule has 0 bridgehead atoms. The molecule has 1 saturated carbocycles. The van der Waals surface area contributed by atoms with E-state index in [2.05, 4.69) is 43.2 Å². The molecule has 44 heavy (non-hydrogen) atoms. The van der Waals surface area contributed by atoms with E-state index in [1.165, 1.54) is 31.9 Å². The van der Waals surface area contributed by atoms with E-state index in [1.54, 1.807) is 0 Å². The number of hydrogen-bond donors (Lipinski definition) is 0. The Bertz CT molecular complexity index is 1520. The maximum Gasteiger partial charge on any atom is 0.410 e. The molecule has 0 radical (unpaired) electrons. The van der Waals surface area contributed by atoms with Crippen molar-refractivity contribution in [2.24, 2.45) is 5.41 Å². The van der Waals surface area contributed by atoms with Gasteiger partial charge in [-0.15, -0.1) is 6.58 Å². The fourth-order valence-corrected chi connectivity index (χ4v) is 6.59. The molecule has 236 valence electrons. The lowest BCUT2D eigenvalue weighted by Crippen LogP contribution is -2.49. The van der Waals surface area contributed by atoms with Crippen molar-refractivity contribution in [3.8, 4) is 17.0 Å². The first-order valence-electron chi connectivity index (χ1n) is 16.0. The summed E-state index contributed by atoms with van der Waals surface area (Å²) in [5.41, 5.74) is 4.14. The molecule has 0 saturated heterocycles. The van der Waals surface area contributed by atoms with Gasteiger partial charge in [0.05, 0.1) is 24.4 Å². The van der Waals surface area contributed by atoms with Crippen LogP contribution in [-0.4, -0.2) is 53.4 Å². The number of nitrogens with zero attached hydrogens (tertiary/aromatic N) is 2. The lowest BCUT2D eigenvalue weighted by Gasteiger charge is -2.37. The van der Waals surface area contributed by atoms with E-state index in [1.807, 2.05) is 56.0 Å². The number of aromatic nitrogens is 1. The summed E-state index contributed by atoms with van der Waals surface area (Å²) in [4.78, 5) is 28.4. The lowest BCUT2D eigenvalue weighted by molar-refractivity contribution is 0.00665. The summed E-state index contributed by atoms with van der Waals surface area (Å²) in [5, 5.41) is 1.15. The number of methoxy groups -OCH3 is 1. The van der Waals surface area contributed by atoms with Gasteiger partial charge in [0.2, 0.25) is 0 Å². The van der Waals surface area contributed by atoms with E-state index in [-0.39, 0.29) is 23.5 Å². The number of para-hydroxylation sites is 1. The van der Waals surface area contributed by atoms with Crippen molar-refractivity contribution in [1.29, 1.82) is 0 Å². The van der Waals surface area contributed by atoms with Crippen LogP contribution >= 0.6 is 0 Å². The van der Waals surface area contributed by atoms with Crippen molar-refractivity contribution in [3.05, 3.63) is 66.2 Å². The molecular formula is C37H48N2O5. The van der Waals surface area contributed by atoms with E-state index < -0.39 is 5.60 Å². The number of carbonyl (C=O) groups is 2. The van der Waals surface area contributed by atoms with Gasteiger partial charge in [0.1, 0.15) is 18.0 Å². The van der Waals surface area contributed by atoms with Gasteiger partial charge in [0, 0.05) is 29.6 Å². The number of hydrogen-bond acceptors (Lipinski definition) is 5. The van der Waals surface area contributed by atoms with Gasteiger partial charge in [-0.05, 0) is 81.2 Å². The van der Waals surface area contributed by atoms with E-state index in [4.69, 9.17) is 14.2 Å². The zero-order valence-corrected chi connectivity index (χ0v) is 27.3. The Morgan fingerprint density at radius 2 is 1.80 bits per heavy atom. The third kappa shape index (κ3) is 6.67. The molecule has 3 aromatic rings. The van der Waals surface area contributed by atoms with Gasteiger partial charge in [-0.3, -0.25) is 4.90 Å². The van der Waals surface area contributed by atoms with Crippen LogP contribution in [0.2, 0.25) is 0 Å². The smallest absolute Gasteiger partial charge is 0.410 e. The third-order valence-electron chi connectivity index (χ3n) is 9.12. The van der Waals surface area contributed by atoms with Crippen LogP contribution in [-0.2, 0) is 16.0 Å². The lowest BCUT2D eigenvalue weighted by atomic mass is 9.81. The Labute approximate surface area is 262 Å². The first kappa shape index (κ1) is 31.7. The minimum atomic E-state index is -0.646. The van der Waals surface area contributed by atoms with Crippen LogP contribution in [0.5, 0.6) is 5.75 Å². The maximum atomic E-state index is 13.9. The quantitative estimate of drug-likeness (QED) is 0.200. The third-order valence-corrected chi connectivity index (χ3v) is 9.12. The van der Waals surface area contributed by atoms with Gasteiger partial charge in [-0.1, -0.05) is 57.4 Å². The zero-order chi connectivity index (χ0) is 31.6. The van der Waals surface area contributed by atoms with Crippen LogP contribution in [0.1, 0.15) is 95.0 Å². The molecule has 0 N–H and O–H groups in total. The fraction of sp³-hybridized carbons (Fsp3) is 0.514. The van der Waals surface area contributed by atoms with Crippen LogP contribution in [0.3, 0.4) is 0 Å². The van der Waals surface area contributed by atoms with Crippen LogP contribution in [0, 0.1) is 5.41 Å². The molecule has 7 nitrogen and oxygen atoms in total. The van der Waals surface area contributed by atoms with Crippen LogP contribution in [0.25, 0.3) is 22.2 Å². The second-order valence-corrected chi connectivity index (χ2v) is 14.0. The van der Waals surface area contributed by atoms with Gasteiger partial charge in [-0.25, -0.2) is 9.59 Å². The topological polar surface area (TPSA) is 70.0 Å². The number of esters is 1. The molecule has 5 rings (SSSR count). The zero-order valence-electron chi connectivity index (χ0n) is 27.3. The number of rotatable bonds is 7. The van der Waals surface area contributed by atoms with Crippen LogP contribution in [0.4, 0.5) is 4.79 Å². The predicted octanol–water partition coefficient (Wildman–Crippen LogP) is 8.74. The van der Waals surface area contributed by atoms with Crippen LogP contribution < -0.4 is 4.74 Å². The summed E-state index contributed by atoms with van der Waals surface area (Å²) in [5.74, 6) is 0.824. The van der Waals surface area contributed by atoms with Gasteiger partial charge < -0.3 is 18.8 Å². The number of benzene rings is 2. The SMILES string of the molecule is C=CC(C)(C)CCN(C(=O)OC(C)(C)C)[C@H]1COc2ccccc2-c2c(C3CCCCC3)c3ccc(C(=O)OC)cc3n2C1. The molecule has 1 aliphatic carbocycles. The Morgan fingerprint density at radius 1 is 1.07 bits per heavy atom. The molecule has 2 aliphatic rings. The van der Waals surface area contributed by atoms with Gasteiger partial charge in [0.15, 0.2) is 0 Å². The first-order chi connectivity index (χ1) is 20.9. The summed E-state index contributed by atoms with van der Waals surface area (Å²) in [7, 11) is 1.41. The van der Waals surface area contributed by atoms with E-state index in [0.717, 1.165) is 47.2 Å². The minimum Gasteiger partial charge on any atom is -0.491 e. The largest absolute Gasteiger partial charge is 0.491 e. The second-order valence-electron chi connectivity index (χ2n) is 14.0. The molecule has 2 aromatic carbocycles. The number of amides is 1. The molecular weight excluding hydrogens is 552 g/mol. The maximum absolute atomic E-state index is 13.9. The van der Waals surface area contributed by atoms with E-state index >= 15 is 0 Å². The normalized spacial score (nSPS) is 17.5. The number of fused-ring (bicyclic) bond motifs is 5. The highest BCUT2D eigenvalue weighted by Crippen LogP contribution is 2.47. The van der Waals surface area contributed by atoms with Crippen molar-refractivity contribution in [2.75, 3.05) is 20.3 Å². The summed E-state index contributed by atoms with van der Waals surface area (Å²) in [6.45, 7) is 15.2. The van der Waals surface area contributed by atoms with Gasteiger partial charge in [-0.2, -0.15) is 0 Å². The standard InChI is InChI=1S/C37H48N2O5/c1-8-37(5,6)20-21-38(35(41)44-36(2,3)4)27-23-39-30-22-26(34(40)42-7)18-19-28(30)32(25-14-10-9-11-15-25)33(39)29-16-12-13-17-31(29)43-24-27/h8,12-13,16-19,22,25,27H,1,9-11,14-15,20-21,23-24H2,2-7H3/t27-/m1/s1. The second kappa shape index (κ2) is 12.7. The number of allylic oxidation sites excluding steroid dienone is 1. The summed E-state index contributed by atoms with van der Waals surface area (Å²) in [6.07, 6.45) is 8.20. The molecule has 1 aliphatic heterocycles. The molecule has 1 amide bonds. The number of ether oxygens (including phenoxy) is 3. The Kier molecular flexibility index (Phi) is 9.15. The monoisotopic (exact) mass is 600 g/mol. The van der Waals surface area contributed by atoms with Gasteiger partial charge in [0.25, 0.3) is 0 Å². The number of carbonyl (C=O) groups excluding carboxylic acids is 2. The predicted molar refractivity (Wildman–Crippen MR) is 175 cm³/mol. The minimum absolute atomic E-state index is 0.162. The Balaban J connectivity index is 1.71. The summed E-state index contributed by atoms with van der Waals surface area (Å²) >= 11 is 0. The molecule has 1 atom stereocenters. The van der Waals surface area contributed by atoms with Crippen molar-refractivity contribution >= 4 is 23.0 Å². The fourth-order valence-electron chi connectivity index (χ4n) is 6.59. The highest BCUT2D eigenvalue weighted by Gasteiger charge is 2.35. The van der Waals surface area contributed by atoms with Crippen molar-refractivity contribution in [2.45, 2.75) is 97.2 Å². The molecule has 0 unspecified atom stereocenters. The van der Waals surface area contributed by atoms with E-state index in [9.17, 15) is 9.59 Å². The van der Waals surface area contributed by atoms with E-state index in [0.29, 0.717) is 31.2 Å². The Hall–Kier alpha value is -3.74.